The Morgan fingerprint density at radius 1 is 1.22 bits per heavy atom. The summed E-state index contributed by atoms with van der Waals surface area (Å²) in [7, 11) is 0. The van der Waals surface area contributed by atoms with Gasteiger partial charge in [0.25, 0.3) is 0 Å². The zero-order valence-electron chi connectivity index (χ0n) is 11.1. The Balaban J connectivity index is 2.36. The fourth-order valence-electron chi connectivity index (χ4n) is 2.13. The molecule has 0 spiro atoms. The van der Waals surface area contributed by atoms with E-state index in [1.54, 1.807) is 0 Å². The van der Waals surface area contributed by atoms with E-state index in [0.29, 0.717) is 0 Å². The van der Waals surface area contributed by atoms with Gasteiger partial charge in [0.05, 0.1) is 22.4 Å². The molecule has 5 heteroatoms. The summed E-state index contributed by atoms with van der Waals surface area (Å²) in [5.41, 5.74) is 2.35. The topological polar surface area (TPSA) is 35.6 Å². The number of imidazole rings is 1. The van der Waals surface area contributed by atoms with E-state index >= 15 is 0 Å². The minimum absolute atomic E-state index is 0.824. The van der Waals surface area contributed by atoms with Gasteiger partial charge in [-0.2, -0.15) is 5.10 Å². The fraction of sp³-hybridized carbons (Fsp3) is 0.538. The van der Waals surface area contributed by atoms with E-state index in [4.69, 9.17) is 0 Å². The third kappa shape index (κ3) is 2.36. The van der Waals surface area contributed by atoms with Gasteiger partial charge in [0.15, 0.2) is 0 Å². The molecule has 2 aromatic heterocycles. The first-order chi connectivity index (χ1) is 8.71. The van der Waals surface area contributed by atoms with E-state index in [2.05, 4.69) is 56.0 Å². The van der Waals surface area contributed by atoms with Crippen molar-refractivity contribution in [3.63, 3.8) is 0 Å². The van der Waals surface area contributed by atoms with Gasteiger partial charge in [0.1, 0.15) is 5.82 Å². The molecule has 0 amide bonds. The lowest BCUT2D eigenvalue weighted by molar-refractivity contribution is 0.586. The van der Waals surface area contributed by atoms with Crippen LogP contribution in [0.25, 0.3) is 0 Å². The van der Waals surface area contributed by atoms with Crippen molar-refractivity contribution in [1.29, 1.82) is 0 Å². The fourth-order valence-corrected chi connectivity index (χ4v) is 2.82. The number of rotatable bonds is 5. The molecule has 2 rings (SSSR count). The molecule has 0 N–H and O–H groups in total. The average molecular weight is 311 g/mol. The van der Waals surface area contributed by atoms with Crippen molar-refractivity contribution in [3.05, 3.63) is 34.1 Å². The van der Waals surface area contributed by atoms with Gasteiger partial charge in [0, 0.05) is 25.4 Å². The van der Waals surface area contributed by atoms with E-state index in [0.717, 1.165) is 41.9 Å². The first kappa shape index (κ1) is 13.3. The number of nitrogens with zero attached hydrogens (tertiary/aromatic N) is 4. The third-order valence-corrected chi connectivity index (χ3v) is 4.05. The smallest absolute Gasteiger partial charge is 0.108 e. The zero-order chi connectivity index (χ0) is 13.1. The molecular weight excluding hydrogens is 292 g/mol. The van der Waals surface area contributed by atoms with Crippen molar-refractivity contribution < 1.29 is 0 Å². The van der Waals surface area contributed by atoms with Gasteiger partial charge < -0.3 is 4.57 Å². The van der Waals surface area contributed by atoms with Gasteiger partial charge in [-0.3, -0.25) is 4.68 Å². The largest absolute Gasteiger partial charge is 0.329 e. The third-order valence-electron chi connectivity index (χ3n) is 3.13. The summed E-state index contributed by atoms with van der Waals surface area (Å²) in [6, 6.07) is 0. The molecule has 2 aromatic rings. The van der Waals surface area contributed by atoms with Crippen molar-refractivity contribution in [2.24, 2.45) is 0 Å². The van der Waals surface area contributed by atoms with E-state index in [1.165, 1.54) is 5.69 Å². The normalized spacial score (nSPS) is 11.1. The van der Waals surface area contributed by atoms with Crippen LogP contribution in [0.15, 0.2) is 16.9 Å². The minimum Gasteiger partial charge on any atom is -0.329 e. The van der Waals surface area contributed by atoms with Crippen LogP contribution in [-0.2, 0) is 25.9 Å². The maximum absolute atomic E-state index is 4.62. The van der Waals surface area contributed by atoms with Crippen LogP contribution < -0.4 is 0 Å². The highest BCUT2D eigenvalue weighted by Gasteiger charge is 2.14. The molecule has 0 radical (unpaired) electrons. The van der Waals surface area contributed by atoms with Crippen LogP contribution in [0.5, 0.6) is 0 Å². The second-order valence-electron chi connectivity index (χ2n) is 4.20. The molecule has 4 nitrogen and oxygen atoms in total. The number of aromatic nitrogens is 4. The molecule has 0 saturated carbocycles. The molecule has 0 aliphatic carbocycles. The van der Waals surface area contributed by atoms with E-state index < -0.39 is 0 Å². The highest BCUT2D eigenvalue weighted by atomic mass is 79.9. The van der Waals surface area contributed by atoms with Crippen molar-refractivity contribution in [3.8, 4) is 0 Å². The number of hydrogen-bond acceptors (Lipinski definition) is 2. The van der Waals surface area contributed by atoms with Gasteiger partial charge in [-0.25, -0.2) is 4.98 Å². The van der Waals surface area contributed by atoms with Crippen LogP contribution in [0.3, 0.4) is 0 Å². The molecule has 0 saturated heterocycles. The van der Waals surface area contributed by atoms with Crippen molar-refractivity contribution in [1.82, 2.24) is 19.3 Å². The quantitative estimate of drug-likeness (QED) is 0.851. The Bertz CT molecular complexity index is 527. The van der Waals surface area contributed by atoms with Gasteiger partial charge in [-0.15, -0.1) is 0 Å². The lowest BCUT2D eigenvalue weighted by Gasteiger charge is -2.09. The molecule has 0 aliphatic rings. The Hall–Kier alpha value is -1.10. The summed E-state index contributed by atoms with van der Waals surface area (Å²) in [6.45, 7) is 8.10. The van der Waals surface area contributed by atoms with E-state index in [9.17, 15) is 0 Å². The first-order valence-electron chi connectivity index (χ1n) is 6.45. The molecule has 0 atom stereocenters. The van der Waals surface area contributed by atoms with Crippen LogP contribution in [-0.4, -0.2) is 19.3 Å². The Labute approximate surface area is 116 Å². The predicted octanol–water partition coefficient (Wildman–Crippen LogP) is 3.04. The van der Waals surface area contributed by atoms with E-state index in [-0.39, 0.29) is 0 Å². The Kier molecular flexibility index (Phi) is 4.22. The SMILES string of the molecule is CCc1nn(CC)c(Cn2ccnc2CC)c1Br. The first-order valence-corrected chi connectivity index (χ1v) is 7.24. The van der Waals surface area contributed by atoms with Crippen LogP contribution >= 0.6 is 15.9 Å². The lowest BCUT2D eigenvalue weighted by atomic mass is 10.3. The lowest BCUT2D eigenvalue weighted by Crippen LogP contribution is -2.10. The van der Waals surface area contributed by atoms with Crippen LogP contribution in [0, 0.1) is 0 Å². The number of aryl methyl sites for hydroxylation is 3. The summed E-state index contributed by atoms with van der Waals surface area (Å²) in [5, 5.41) is 4.62. The van der Waals surface area contributed by atoms with Crippen LogP contribution in [0.2, 0.25) is 0 Å². The van der Waals surface area contributed by atoms with Crippen molar-refractivity contribution in [2.45, 2.75) is 46.7 Å². The average Bonchev–Trinajstić information content (AvgIpc) is 2.95. The number of hydrogen-bond donors (Lipinski definition) is 0. The predicted molar refractivity (Wildman–Crippen MR) is 75.7 cm³/mol. The van der Waals surface area contributed by atoms with Gasteiger partial charge in [0.2, 0.25) is 0 Å². The maximum atomic E-state index is 4.62. The Morgan fingerprint density at radius 3 is 2.61 bits per heavy atom. The van der Waals surface area contributed by atoms with Gasteiger partial charge in [-0.1, -0.05) is 13.8 Å². The summed E-state index contributed by atoms with van der Waals surface area (Å²) >= 11 is 3.68. The zero-order valence-corrected chi connectivity index (χ0v) is 12.7. The second-order valence-corrected chi connectivity index (χ2v) is 4.99. The molecule has 0 fully saturated rings. The van der Waals surface area contributed by atoms with E-state index in [1.807, 2.05) is 12.4 Å². The molecular formula is C13H19BrN4. The summed E-state index contributed by atoms with van der Waals surface area (Å²) in [5.74, 6) is 1.11. The van der Waals surface area contributed by atoms with Crippen LogP contribution in [0.1, 0.15) is 38.0 Å². The summed E-state index contributed by atoms with van der Waals surface area (Å²) in [6.07, 6.45) is 5.79. The highest BCUT2D eigenvalue weighted by Crippen LogP contribution is 2.23. The molecule has 0 bridgehead atoms. The molecule has 0 unspecified atom stereocenters. The molecule has 2 heterocycles. The molecule has 0 aromatic carbocycles. The van der Waals surface area contributed by atoms with Crippen LogP contribution in [0.4, 0.5) is 0 Å². The monoisotopic (exact) mass is 310 g/mol. The molecule has 0 aliphatic heterocycles. The maximum Gasteiger partial charge on any atom is 0.108 e. The van der Waals surface area contributed by atoms with Crippen molar-refractivity contribution in [2.75, 3.05) is 0 Å². The molecule has 98 valence electrons. The summed E-state index contributed by atoms with van der Waals surface area (Å²) in [4.78, 5) is 4.36. The second kappa shape index (κ2) is 5.69. The molecule has 18 heavy (non-hydrogen) atoms. The van der Waals surface area contributed by atoms with Gasteiger partial charge >= 0.3 is 0 Å². The number of halogens is 1. The highest BCUT2D eigenvalue weighted by molar-refractivity contribution is 9.10. The minimum atomic E-state index is 0.824. The Morgan fingerprint density at radius 2 is 2.00 bits per heavy atom. The standard InChI is InChI=1S/C13H19BrN4/c1-4-10-13(14)11(18(6-3)16-10)9-17-8-7-15-12(17)5-2/h7-8H,4-6,9H2,1-3H3. The van der Waals surface area contributed by atoms with Gasteiger partial charge in [-0.05, 0) is 29.3 Å². The summed E-state index contributed by atoms with van der Waals surface area (Å²) < 4.78 is 5.40. The van der Waals surface area contributed by atoms with Crippen molar-refractivity contribution >= 4 is 15.9 Å².